The van der Waals surface area contributed by atoms with Crippen molar-refractivity contribution in [3.63, 3.8) is 0 Å². The molecule has 1 aromatic heterocycles. The summed E-state index contributed by atoms with van der Waals surface area (Å²) >= 11 is 1.35. The van der Waals surface area contributed by atoms with Gasteiger partial charge in [0.15, 0.2) is 5.16 Å². The molecule has 30 heavy (non-hydrogen) atoms. The number of nitrogens with zero attached hydrogens (tertiary/aromatic N) is 4. The number of alkyl halides is 3. The number of amides is 1. The summed E-state index contributed by atoms with van der Waals surface area (Å²) < 4.78 is 56.1. The Morgan fingerprint density at radius 2 is 1.97 bits per heavy atom. The van der Waals surface area contributed by atoms with E-state index in [2.05, 4.69) is 10.2 Å². The van der Waals surface area contributed by atoms with Crippen LogP contribution >= 0.6 is 11.8 Å². The second kappa shape index (κ2) is 7.42. The van der Waals surface area contributed by atoms with E-state index in [9.17, 15) is 22.4 Å². The van der Waals surface area contributed by atoms with Crippen LogP contribution in [0.3, 0.4) is 0 Å². The molecule has 2 heterocycles. The highest BCUT2D eigenvalue weighted by Crippen LogP contribution is 2.40. The predicted octanol–water partition coefficient (Wildman–Crippen LogP) is 4.99. The van der Waals surface area contributed by atoms with Crippen molar-refractivity contribution in [3.05, 3.63) is 70.8 Å². The van der Waals surface area contributed by atoms with Crippen molar-refractivity contribution in [2.24, 2.45) is 7.05 Å². The van der Waals surface area contributed by atoms with Gasteiger partial charge in [-0.15, -0.1) is 10.2 Å². The first-order valence-corrected chi connectivity index (χ1v) is 9.85. The number of halogens is 4. The van der Waals surface area contributed by atoms with E-state index >= 15 is 0 Å². The van der Waals surface area contributed by atoms with E-state index in [1.807, 2.05) is 6.92 Å². The minimum atomic E-state index is -4.57. The first kappa shape index (κ1) is 20.4. The fourth-order valence-corrected chi connectivity index (χ4v) is 4.30. The van der Waals surface area contributed by atoms with Crippen molar-refractivity contribution in [1.29, 1.82) is 0 Å². The Bertz CT molecular complexity index is 1130. The fraction of sp³-hybridized carbons (Fsp3) is 0.250. The third-order valence-electron chi connectivity index (χ3n) is 4.91. The van der Waals surface area contributed by atoms with E-state index in [1.165, 1.54) is 34.9 Å². The minimum Gasteiger partial charge on any atom is -0.312 e. The molecule has 0 aliphatic carbocycles. The monoisotopic (exact) mass is 436 g/mol. The van der Waals surface area contributed by atoms with Gasteiger partial charge in [0.05, 0.1) is 12.1 Å². The van der Waals surface area contributed by atoms with E-state index in [1.54, 1.807) is 24.0 Å². The van der Waals surface area contributed by atoms with E-state index in [0.29, 0.717) is 10.7 Å². The van der Waals surface area contributed by atoms with E-state index in [0.717, 1.165) is 12.1 Å². The molecule has 3 aromatic rings. The lowest BCUT2D eigenvalue weighted by molar-refractivity contribution is -0.138. The van der Waals surface area contributed by atoms with Gasteiger partial charge in [-0.2, -0.15) is 13.2 Å². The Morgan fingerprint density at radius 3 is 2.63 bits per heavy atom. The van der Waals surface area contributed by atoms with Crippen LogP contribution in [0.1, 0.15) is 39.2 Å². The van der Waals surface area contributed by atoms with Gasteiger partial charge in [0.2, 0.25) is 0 Å². The normalized spacial score (nSPS) is 14.9. The highest BCUT2D eigenvalue weighted by Gasteiger charge is 2.39. The van der Waals surface area contributed by atoms with Gasteiger partial charge in [-0.25, -0.2) is 4.39 Å². The van der Waals surface area contributed by atoms with Crippen LogP contribution in [0.5, 0.6) is 0 Å². The van der Waals surface area contributed by atoms with Crippen LogP contribution in [0, 0.1) is 5.82 Å². The molecule has 0 fully saturated rings. The highest BCUT2D eigenvalue weighted by molar-refractivity contribution is 7.99. The molecule has 1 amide bonds. The van der Waals surface area contributed by atoms with Crippen LogP contribution in [-0.2, 0) is 19.8 Å². The first-order valence-electron chi connectivity index (χ1n) is 8.97. The van der Waals surface area contributed by atoms with Crippen molar-refractivity contribution in [1.82, 2.24) is 14.8 Å². The number of hydrogen-bond acceptors (Lipinski definition) is 4. The number of anilines is 1. The number of hydrogen-bond donors (Lipinski definition) is 0. The predicted molar refractivity (Wildman–Crippen MR) is 104 cm³/mol. The van der Waals surface area contributed by atoms with Gasteiger partial charge in [0.25, 0.3) is 5.91 Å². The molecular formula is C20H16F4N4OS. The second-order valence-corrected chi connectivity index (χ2v) is 8.26. The summed E-state index contributed by atoms with van der Waals surface area (Å²) in [6.07, 6.45) is -3.03. The van der Waals surface area contributed by atoms with Crippen LogP contribution in [0.15, 0.2) is 47.9 Å². The zero-order valence-electron chi connectivity index (χ0n) is 15.9. The lowest BCUT2D eigenvalue weighted by atomic mass is 10.0. The molecule has 2 aromatic carbocycles. The summed E-state index contributed by atoms with van der Waals surface area (Å²) in [5, 5.41) is 8.19. The van der Waals surface area contributed by atoms with Gasteiger partial charge >= 0.3 is 6.18 Å². The molecule has 0 saturated heterocycles. The maximum Gasteiger partial charge on any atom is 0.416 e. The molecule has 0 saturated carbocycles. The summed E-state index contributed by atoms with van der Waals surface area (Å²) in [6, 6.07) is 7.63. The average molecular weight is 436 g/mol. The molecule has 0 radical (unpaired) electrons. The van der Waals surface area contributed by atoms with Crippen LogP contribution in [0.4, 0.5) is 23.2 Å². The molecule has 0 N–H and O–H groups in total. The zero-order valence-corrected chi connectivity index (χ0v) is 16.8. The summed E-state index contributed by atoms with van der Waals surface area (Å²) in [5.74, 6) is -1.16. The number of fused-ring (bicyclic) bond motifs is 1. The molecule has 10 heteroatoms. The zero-order chi connectivity index (χ0) is 21.6. The van der Waals surface area contributed by atoms with Gasteiger partial charge in [-0.05, 0) is 48.4 Å². The number of carbonyl (C=O) groups excluding carboxylic acids is 1. The highest BCUT2D eigenvalue weighted by atomic mass is 32.2. The molecular weight excluding hydrogens is 420 g/mol. The average Bonchev–Trinajstić information content (AvgIpc) is 3.23. The number of thioether (sulfide) groups is 1. The van der Waals surface area contributed by atoms with Crippen molar-refractivity contribution < 1.29 is 22.4 Å². The smallest absolute Gasteiger partial charge is 0.312 e. The Labute approximate surface area is 173 Å². The van der Waals surface area contributed by atoms with E-state index < -0.39 is 23.5 Å². The molecule has 4 rings (SSSR count). The van der Waals surface area contributed by atoms with E-state index in [-0.39, 0.29) is 28.6 Å². The molecule has 1 aliphatic heterocycles. The Kier molecular flexibility index (Phi) is 5.05. The maximum absolute atomic E-state index is 14.4. The second-order valence-electron chi connectivity index (χ2n) is 6.95. The Balaban J connectivity index is 1.67. The number of rotatable bonds is 4. The van der Waals surface area contributed by atoms with Gasteiger partial charge in [-0.1, -0.05) is 17.8 Å². The Morgan fingerprint density at radius 1 is 1.20 bits per heavy atom. The van der Waals surface area contributed by atoms with Crippen molar-refractivity contribution in [2.75, 3.05) is 4.90 Å². The molecule has 0 spiro atoms. The van der Waals surface area contributed by atoms with Gasteiger partial charge < -0.3 is 9.47 Å². The lowest BCUT2D eigenvalue weighted by Gasteiger charge is -2.19. The first-order chi connectivity index (χ1) is 14.1. The van der Waals surface area contributed by atoms with E-state index in [4.69, 9.17) is 0 Å². The quantitative estimate of drug-likeness (QED) is 0.427. The molecule has 5 nitrogen and oxygen atoms in total. The van der Waals surface area contributed by atoms with Crippen LogP contribution in [0.2, 0.25) is 0 Å². The van der Waals surface area contributed by atoms with Crippen LogP contribution in [-0.4, -0.2) is 20.7 Å². The Hall–Kier alpha value is -2.88. The third-order valence-corrected chi connectivity index (χ3v) is 6.12. The van der Waals surface area contributed by atoms with Crippen LogP contribution < -0.4 is 4.90 Å². The van der Waals surface area contributed by atoms with Gasteiger partial charge in [-0.3, -0.25) is 4.79 Å². The molecule has 0 unspecified atom stereocenters. The van der Waals surface area contributed by atoms with Crippen molar-refractivity contribution in [2.45, 2.75) is 30.1 Å². The topological polar surface area (TPSA) is 51.0 Å². The van der Waals surface area contributed by atoms with Gasteiger partial charge in [0, 0.05) is 23.5 Å². The number of aromatic nitrogens is 3. The molecule has 1 atom stereocenters. The largest absolute Gasteiger partial charge is 0.416 e. The molecule has 0 bridgehead atoms. The summed E-state index contributed by atoms with van der Waals surface area (Å²) in [4.78, 5) is 14.0. The number of benzene rings is 2. The lowest BCUT2D eigenvalue weighted by Crippen LogP contribution is -2.23. The summed E-state index contributed by atoms with van der Waals surface area (Å²) in [6.45, 7) is 1.58. The molecule has 156 valence electrons. The molecule has 1 aliphatic rings. The number of carbonyl (C=O) groups is 1. The summed E-state index contributed by atoms with van der Waals surface area (Å²) in [5.41, 5.74) is -0.166. The maximum atomic E-state index is 14.4. The summed E-state index contributed by atoms with van der Waals surface area (Å²) in [7, 11) is 1.78. The van der Waals surface area contributed by atoms with Gasteiger partial charge in [0.1, 0.15) is 12.1 Å². The van der Waals surface area contributed by atoms with Crippen molar-refractivity contribution in [3.8, 4) is 0 Å². The fourth-order valence-electron chi connectivity index (χ4n) is 3.40. The third kappa shape index (κ3) is 3.67. The van der Waals surface area contributed by atoms with Crippen molar-refractivity contribution >= 4 is 23.4 Å². The SMILES string of the molecule is C[C@H](Sc1nncn1C)c1cc(F)cc(N2Cc3c(cccc3C(F)(F)F)C2=O)c1. The number of aryl methyl sites for hydroxylation is 1. The van der Waals surface area contributed by atoms with Crippen LogP contribution in [0.25, 0.3) is 0 Å². The minimum absolute atomic E-state index is 0.0165. The standard InChI is InChI=1S/C20H16F4N4OS/c1-11(30-19-26-25-10-27(19)2)12-6-13(21)8-14(7-12)28-9-16-15(18(28)29)4-3-5-17(16)20(22,23)24/h3-8,10-11H,9H2,1-2H3/t11-/m0/s1.